The normalized spacial score (nSPS) is 15.0. The number of carbonyl (C=O) groups is 1. The molecule has 0 aromatic heterocycles. The lowest BCUT2D eigenvalue weighted by molar-refractivity contribution is -0.274. The number of rotatable bonds is 8. The first-order valence-electron chi connectivity index (χ1n) is 9.03. The summed E-state index contributed by atoms with van der Waals surface area (Å²) in [6.07, 6.45) is -3.19. The van der Waals surface area contributed by atoms with E-state index in [1.807, 2.05) is 0 Å². The van der Waals surface area contributed by atoms with Crippen molar-refractivity contribution in [1.29, 1.82) is 0 Å². The SMILES string of the molecule is CCOC(=O)NC(CNC(=NC)NCc1ccccc1OC(F)(F)F)C1CC1.I. The van der Waals surface area contributed by atoms with Gasteiger partial charge in [0, 0.05) is 25.7 Å². The van der Waals surface area contributed by atoms with Crippen LogP contribution in [0.5, 0.6) is 5.75 Å². The monoisotopic (exact) mass is 530 g/mol. The summed E-state index contributed by atoms with van der Waals surface area (Å²) in [5.41, 5.74) is 0.339. The van der Waals surface area contributed by atoms with Crippen LogP contribution in [0.4, 0.5) is 18.0 Å². The van der Waals surface area contributed by atoms with E-state index < -0.39 is 12.5 Å². The Balaban J connectivity index is 0.00000420. The second-order valence-electron chi connectivity index (χ2n) is 6.27. The maximum absolute atomic E-state index is 12.5. The van der Waals surface area contributed by atoms with E-state index >= 15 is 0 Å². The maximum Gasteiger partial charge on any atom is 0.573 e. The van der Waals surface area contributed by atoms with Crippen LogP contribution in [0.2, 0.25) is 0 Å². The summed E-state index contributed by atoms with van der Waals surface area (Å²) in [5, 5.41) is 8.85. The molecule has 0 spiro atoms. The van der Waals surface area contributed by atoms with E-state index in [9.17, 15) is 18.0 Å². The molecule has 1 amide bonds. The van der Waals surface area contributed by atoms with Crippen molar-refractivity contribution < 1.29 is 27.4 Å². The van der Waals surface area contributed by atoms with Gasteiger partial charge in [0.2, 0.25) is 0 Å². The van der Waals surface area contributed by atoms with Crippen molar-refractivity contribution in [3.63, 3.8) is 0 Å². The van der Waals surface area contributed by atoms with E-state index in [0.29, 0.717) is 30.6 Å². The molecule has 1 aromatic rings. The molecule has 1 aliphatic rings. The zero-order chi connectivity index (χ0) is 20.6. The first kappa shape index (κ1) is 25.1. The Kier molecular flexibility index (Phi) is 10.3. The topological polar surface area (TPSA) is 84.0 Å². The van der Waals surface area contributed by atoms with Gasteiger partial charge in [-0.25, -0.2) is 4.79 Å². The summed E-state index contributed by atoms with van der Waals surface area (Å²) >= 11 is 0. The molecule has 1 atom stereocenters. The molecule has 3 N–H and O–H groups in total. The highest BCUT2D eigenvalue weighted by molar-refractivity contribution is 14.0. The fourth-order valence-corrected chi connectivity index (χ4v) is 2.64. The lowest BCUT2D eigenvalue weighted by Gasteiger charge is -2.20. The number of halogens is 4. The van der Waals surface area contributed by atoms with Gasteiger partial charge in [-0.2, -0.15) is 0 Å². The van der Waals surface area contributed by atoms with Crippen molar-refractivity contribution in [2.75, 3.05) is 20.2 Å². The number of aliphatic imine (C=N–C) groups is 1. The molecule has 0 bridgehead atoms. The molecule has 11 heteroatoms. The van der Waals surface area contributed by atoms with E-state index in [-0.39, 0.29) is 42.3 Å². The maximum atomic E-state index is 12.5. The predicted molar refractivity (Wildman–Crippen MR) is 113 cm³/mol. The summed E-state index contributed by atoms with van der Waals surface area (Å²) in [6.45, 7) is 2.53. The minimum absolute atomic E-state index is 0. The van der Waals surface area contributed by atoms with Crippen LogP contribution in [-0.4, -0.2) is 44.7 Å². The Labute approximate surface area is 184 Å². The molecule has 164 valence electrons. The number of ether oxygens (including phenoxy) is 2. The summed E-state index contributed by atoms with van der Waals surface area (Å²) in [5.74, 6) is 0.506. The van der Waals surface area contributed by atoms with Gasteiger partial charge in [-0.3, -0.25) is 4.99 Å². The third-order valence-electron chi connectivity index (χ3n) is 4.13. The molecule has 0 heterocycles. The highest BCUT2D eigenvalue weighted by Gasteiger charge is 2.33. The van der Waals surface area contributed by atoms with Crippen LogP contribution in [0, 0.1) is 5.92 Å². The second kappa shape index (κ2) is 11.9. The number of hydrogen-bond donors (Lipinski definition) is 3. The van der Waals surface area contributed by atoms with Gasteiger partial charge in [-0.05, 0) is 31.7 Å². The molecule has 1 fully saturated rings. The lowest BCUT2D eigenvalue weighted by atomic mass is 10.2. The number of benzene rings is 1. The van der Waals surface area contributed by atoms with Gasteiger partial charge in [0.25, 0.3) is 0 Å². The van der Waals surface area contributed by atoms with Gasteiger partial charge < -0.3 is 25.4 Å². The number of nitrogens with one attached hydrogen (secondary N) is 3. The number of guanidine groups is 1. The standard InChI is InChI=1S/C18H25F3N4O3.HI/c1-3-27-17(26)25-14(12-8-9-12)11-24-16(22-2)23-10-13-6-4-5-7-15(13)28-18(19,20)21;/h4-7,12,14H,3,8-11H2,1-2H3,(H,25,26)(H2,22,23,24);1H. The molecule has 29 heavy (non-hydrogen) atoms. The van der Waals surface area contributed by atoms with Gasteiger partial charge >= 0.3 is 12.5 Å². The van der Waals surface area contributed by atoms with Crippen LogP contribution >= 0.6 is 24.0 Å². The molecule has 0 saturated heterocycles. The van der Waals surface area contributed by atoms with E-state index in [2.05, 4.69) is 25.7 Å². The Morgan fingerprint density at radius 3 is 2.55 bits per heavy atom. The summed E-state index contributed by atoms with van der Waals surface area (Å²) in [4.78, 5) is 15.7. The van der Waals surface area contributed by atoms with Crippen LogP contribution in [0.1, 0.15) is 25.3 Å². The predicted octanol–water partition coefficient (Wildman–Crippen LogP) is 3.39. The number of alkyl carbamates (subject to hydrolysis) is 1. The average molecular weight is 530 g/mol. The Morgan fingerprint density at radius 1 is 1.28 bits per heavy atom. The van der Waals surface area contributed by atoms with Crippen LogP contribution in [-0.2, 0) is 11.3 Å². The first-order chi connectivity index (χ1) is 13.3. The molecule has 1 aromatic carbocycles. The molecule has 1 aliphatic carbocycles. The van der Waals surface area contributed by atoms with Crippen molar-refractivity contribution in [2.45, 2.75) is 38.7 Å². The molecule has 1 unspecified atom stereocenters. The highest BCUT2D eigenvalue weighted by atomic mass is 127. The van der Waals surface area contributed by atoms with Gasteiger partial charge in [-0.1, -0.05) is 18.2 Å². The number of para-hydroxylation sites is 1. The van der Waals surface area contributed by atoms with Crippen molar-refractivity contribution in [3.05, 3.63) is 29.8 Å². The molecular weight excluding hydrogens is 504 g/mol. The van der Waals surface area contributed by atoms with E-state index in [4.69, 9.17) is 4.74 Å². The van der Waals surface area contributed by atoms with Gasteiger partial charge in [0.1, 0.15) is 5.75 Å². The number of carbonyl (C=O) groups excluding carboxylic acids is 1. The molecular formula is C18H26F3IN4O3. The zero-order valence-corrected chi connectivity index (χ0v) is 18.5. The average Bonchev–Trinajstić information content (AvgIpc) is 3.46. The molecule has 1 saturated carbocycles. The quantitative estimate of drug-likeness (QED) is 0.273. The van der Waals surface area contributed by atoms with E-state index in [1.54, 1.807) is 20.0 Å². The van der Waals surface area contributed by atoms with Crippen molar-refractivity contribution in [2.24, 2.45) is 10.9 Å². The van der Waals surface area contributed by atoms with Crippen LogP contribution in [0.3, 0.4) is 0 Å². The number of alkyl halides is 3. The number of nitrogens with zero attached hydrogens (tertiary/aromatic N) is 1. The Bertz CT molecular complexity index is 685. The van der Waals surface area contributed by atoms with Crippen LogP contribution < -0.4 is 20.7 Å². The molecule has 0 aliphatic heterocycles. The van der Waals surface area contributed by atoms with Gasteiger partial charge in [-0.15, -0.1) is 37.1 Å². The minimum atomic E-state index is -4.76. The number of hydrogen-bond acceptors (Lipinski definition) is 4. The van der Waals surface area contributed by atoms with Crippen molar-refractivity contribution in [1.82, 2.24) is 16.0 Å². The smallest absolute Gasteiger partial charge is 0.450 e. The highest BCUT2D eigenvalue weighted by Crippen LogP contribution is 2.32. The number of amides is 1. The summed E-state index contributed by atoms with van der Waals surface area (Å²) in [7, 11) is 1.55. The molecule has 7 nitrogen and oxygen atoms in total. The lowest BCUT2D eigenvalue weighted by Crippen LogP contribution is -2.48. The summed E-state index contributed by atoms with van der Waals surface area (Å²) < 4.78 is 46.5. The van der Waals surface area contributed by atoms with Crippen molar-refractivity contribution >= 4 is 36.0 Å². The van der Waals surface area contributed by atoms with E-state index in [1.165, 1.54) is 18.2 Å². The zero-order valence-electron chi connectivity index (χ0n) is 16.2. The van der Waals surface area contributed by atoms with Gasteiger partial charge in [0.15, 0.2) is 5.96 Å². The fraction of sp³-hybridized carbons (Fsp3) is 0.556. The van der Waals surface area contributed by atoms with Crippen LogP contribution in [0.15, 0.2) is 29.3 Å². The van der Waals surface area contributed by atoms with Gasteiger partial charge in [0.05, 0.1) is 12.6 Å². The molecule has 0 radical (unpaired) electrons. The Hall–Kier alpha value is -1.92. The fourth-order valence-electron chi connectivity index (χ4n) is 2.64. The Morgan fingerprint density at radius 2 is 1.97 bits per heavy atom. The largest absolute Gasteiger partial charge is 0.573 e. The third kappa shape index (κ3) is 9.41. The minimum Gasteiger partial charge on any atom is -0.450 e. The second-order valence-corrected chi connectivity index (χ2v) is 6.27. The van der Waals surface area contributed by atoms with Crippen molar-refractivity contribution in [3.8, 4) is 5.75 Å². The van der Waals surface area contributed by atoms with Crippen LogP contribution in [0.25, 0.3) is 0 Å². The first-order valence-corrected chi connectivity index (χ1v) is 9.03. The third-order valence-corrected chi connectivity index (χ3v) is 4.13. The summed E-state index contributed by atoms with van der Waals surface area (Å²) in [6, 6.07) is 5.78. The molecule has 2 rings (SSSR count). The van der Waals surface area contributed by atoms with E-state index in [0.717, 1.165) is 12.8 Å².